The zero-order valence-corrected chi connectivity index (χ0v) is 29.0. The molecular weight excluding hydrogens is 692 g/mol. The molecule has 2 rings (SSSR count). The van der Waals surface area contributed by atoms with Crippen molar-refractivity contribution in [3.8, 4) is 0 Å². The van der Waals surface area contributed by atoms with Crippen LogP contribution in [-0.2, 0) is 62.1 Å². The van der Waals surface area contributed by atoms with E-state index in [1.807, 2.05) is 0 Å². The lowest BCUT2D eigenvalue weighted by Gasteiger charge is -2.30. The summed E-state index contributed by atoms with van der Waals surface area (Å²) in [5.74, 6) is -4.24. The Hall–Kier alpha value is -4.99. The minimum Gasteiger partial charge on any atom is -0.379 e. The normalized spacial score (nSPS) is 13.3. The van der Waals surface area contributed by atoms with E-state index >= 15 is 0 Å². The van der Waals surface area contributed by atoms with Crippen LogP contribution in [0.15, 0.2) is 12.2 Å². The molecule has 2 heterocycles. The fourth-order valence-electron chi connectivity index (χ4n) is 4.05. The summed E-state index contributed by atoms with van der Waals surface area (Å²) in [6.07, 6.45) is 3.28. The van der Waals surface area contributed by atoms with Crippen LogP contribution in [0.5, 0.6) is 0 Å². The van der Waals surface area contributed by atoms with Gasteiger partial charge >= 0.3 is 0 Å². The third-order valence-electron chi connectivity index (χ3n) is 7.05. The van der Waals surface area contributed by atoms with Crippen molar-refractivity contribution in [3.05, 3.63) is 12.2 Å². The average Bonchev–Trinajstić information content (AvgIpc) is 3.42. The van der Waals surface area contributed by atoms with Gasteiger partial charge in [-0.05, 0) is 6.42 Å². The monoisotopic (exact) mass is 740 g/mol. The summed E-state index contributed by atoms with van der Waals surface area (Å²) in [5, 5.41) is 14.3. The summed E-state index contributed by atoms with van der Waals surface area (Å²) < 4.78 is 21.4. The van der Waals surface area contributed by atoms with Crippen LogP contribution in [-0.4, -0.2) is 175 Å². The molecule has 52 heavy (non-hydrogen) atoms. The van der Waals surface area contributed by atoms with Crippen LogP contribution in [0.1, 0.15) is 19.3 Å². The highest BCUT2D eigenvalue weighted by atomic mass is 16.6. The molecule has 9 amide bonds. The molecule has 0 aliphatic carbocycles. The topological polar surface area (TPSA) is 269 Å². The Labute approximate surface area is 300 Å². The molecule has 0 atom stereocenters. The number of hydrogen-bond donors (Lipinski definition) is 6. The number of hydrogen-bond acceptors (Lipinski definition) is 13. The van der Waals surface area contributed by atoms with E-state index in [9.17, 15) is 43.2 Å². The molecule has 0 unspecified atom stereocenters. The summed E-state index contributed by atoms with van der Waals surface area (Å²) >= 11 is 0. The molecule has 2 aliphatic heterocycles. The number of likely N-dealkylation sites (tertiary alicyclic amines) is 1. The summed E-state index contributed by atoms with van der Waals surface area (Å²) in [4.78, 5) is 108. The summed E-state index contributed by atoms with van der Waals surface area (Å²) in [5.41, 5.74) is 0. The van der Waals surface area contributed by atoms with Gasteiger partial charge in [-0.1, -0.05) is 0 Å². The third-order valence-corrected chi connectivity index (χ3v) is 7.05. The first-order chi connectivity index (χ1) is 25.0. The second-order valence-electron chi connectivity index (χ2n) is 11.1. The van der Waals surface area contributed by atoms with Crippen LogP contribution >= 0.6 is 0 Å². The Morgan fingerprint density at radius 2 is 0.904 bits per heavy atom. The van der Waals surface area contributed by atoms with Crippen molar-refractivity contribution in [2.75, 3.05) is 112 Å². The maximum absolute atomic E-state index is 11.9. The molecule has 0 spiro atoms. The molecule has 0 radical (unpaired) electrons. The molecule has 0 bridgehead atoms. The quantitative estimate of drug-likeness (QED) is 0.0324. The van der Waals surface area contributed by atoms with E-state index in [4.69, 9.17) is 18.9 Å². The number of amides is 9. The fraction of sp³-hybridized carbons (Fsp3) is 0.645. The van der Waals surface area contributed by atoms with Crippen LogP contribution in [0.4, 0.5) is 0 Å². The van der Waals surface area contributed by atoms with Gasteiger partial charge in [0.1, 0.15) is 0 Å². The number of nitrogens with zero attached hydrogens (tertiary/aromatic N) is 2. The smallest absolute Gasteiger partial charge is 0.253 e. The van der Waals surface area contributed by atoms with Crippen molar-refractivity contribution in [3.63, 3.8) is 0 Å². The SMILES string of the molecule is O=C(CCN1C(=O)C=CC1=O)NCCOCCOCCOCCOCCC(=O)NCC(=O)NCC(=O)NCC(=O)NCC(=O)NCC(=O)N1CCC1. The highest BCUT2D eigenvalue weighted by molar-refractivity contribution is 6.13. The van der Waals surface area contributed by atoms with Gasteiger partial charge in [0, 0.05) is 51.2 Å². The molecule has 6 N–H and O–H groups in total. The molecule has 290 valence electrons. The van der Waals surface area contributed by atoms with Gasteiger partial charge in [-0.2, -0.15) is 0 Å². The third kappa shape index (κ3) is 20.0. The predicted octanol–water partition coefficient (Wildman–Crippen LogP) is -5.31. The van der Waals surface area contributed by atoms with E-state index in [0.29, 0.717) is 39.5 Å². The second-order valence-corrected chi connectivity index (χ2v) is 11.1. The van der Waals surface area contributed by atoms with E-state index in [2.05, 4.69) is 31.9 Å². The van der Waals surface area contributed by atoms with E-state index in [0.717, 1.165) is 11.3 Å². The number of imide groups is 1. The van der Waals surface area contributed by atoms with Crippen molar-refractivity contribution in [1.82, 2.24) is 41.7 Å². The van der Waals surface area contributed by atoms with E-state index < -0.39 is 54.4 Å². The van der Waals surface area contributed by atoms with Gasteiger partial charge in [0.25, 0.3) is 11.8 Å². The van der Waals surface area contributed by atoms with Crippen molar-refractivity contribution in [2.24, 2.45) is 0 Å². The zero-order valence-electron chi connectivity index (χ0n) is 29.0. The summed E-state index contributed by atoms with van der Waals surface area (Å²) in [6.45, 7) is 2.08. The highest BCUT2D eigenvalue weighted by Crippen LogP contribution is 2.05. The van der Waals surface area contributed by atoms with Crippen LogP contribution < -0.4 is 31.9 Å². The Kier molecular flexibility index (Phi) is 21.5. The van der Waals surface area contributed by atoms with Gasteiger partial charge < -0.3 is 55.7 Å². The van der Waals surface area contributed by atoms with Gasteiger partial charge in [-0.25, -0.2) is 0 Å². The predicted molar refractivity (Wildman–Crippen MR) is 178 cm³/mol. The molecule has 1 fully saturated rings. The fourth-order valence-corrected chi connectivity index (χ4v) is 4.05. The Balaban J connectivity index is 1.30. The van der Waals surface area contributed by atoms with E-state index in [1.165, 1.54) is 12.2 Å². The van der Waals surface area contributed by atoms with Crippen molar-refractivity contribution >= 4 is 53.2 Å². The lowest BCUT2D eigenvalue weighted by Crippen LogP contribution is -2.49. The number of ether oxygens (including phenoxy) is 4. The number of carbonyl (C=O) groups excluding carboxylic acids is 9. The first kappa shape index (κ1) is 43.2. The van der Waals surface area contributed by atoms with Crippen LogP contribution in [0, 0.1) is 0 Å². The van der Waals surface area contributed by atoms with Crippen molar-refractivity contribution in [1.29, 1.82) is 0 Å². The van der Waals surface area contributed by atoms with Crippen molar-refractivity contribution in [2.45, 2.75) is 19.3 Å². The van der Waals surface area contributed by atoms with Gasteiger partial charge in [0.05, 0.1) is 85.6 Å². The second kappa shape index (κ2) is 25.9. The Morgan fingerprint density at radius 1 is 0.500 bits per heavy atom. The highest BCUT2D eigenvalue weighted by Gasteiger charge is 2.23. The molecule has 0 saturated carbocycles. The van der Waals surface area contributed by atoms with Crippen LogP contribution in [0.2, 0.25) is 0 Å². The van der Waals surface area contributed by atoms with Gasteiger partial charge in [0.15, 0.2) is 0 Å². The Morgan fingerprint density at radius 3 is 1.37 bits per heavy atom. The minimum atomic E-state index is -0.657. The van der Waals surface area contributed by atoms with E-state index in [-0.39, 0.29) is 83.8 Å². The van der Waals surface area contributed by atoms with Crippen LogP contribution in [0.25, 0.3) is 0 Å². The molecule has 21 nitrogen and oxygen atoms in total. The molecule has 0 aromatic rings. The maximum atomic E-state index is 11.9. The molecule has 2 aliphatic rings. The largest absolute Gasteiger partial charge is 0.379 e. The number of nitrogens with one attached hydrogen (secondary N) is 6. The lowest BCUT2D eigenvalue weighted by molar-refractivity contribution is -0.137. The standard InChI is InChI=1S/C31H48N8O13/c40-23(4-9-39-29(46)2-3-30(39)47)32-6-11-50-13-15-52-17-16-51-14-12-49-10-5-24(41)33-18-25(42)34-19-26(43)35-20-27(44)36-21-28(45)37-22-31(48)38-7-1-8-38/h2-3H,1,4-22H2,(H,32,40)(H,33,41)(H,34,42)(H,35,43)(H,36,44)(H,37,45). The summed E-state index contributed by atoms with van der Waals surface area (Å²) in [7, 11) is 0. The van der Waals surface area contributed by atoms with E-state index in [1.54, 1.807) is 4.90 Å². The number of carbonyl (C=O) groups is 9. The summed E-state index contributed by atoms with van der Waals surface area (Å²) in [6, 6.07) is 0. The van der Waals surface area contributed by atoms with Crippen LogP contribution in [0.3, 0.4) is 0 Å². The van der Waals surface area contributed by atoms with Gasteiger partial charge in [0.2, 0.25) is 41.4 Å². The zero-order chi connectivity index (χ0) is 38.0. The Bertz CT molecular complexity index is 1260. The van der Waals surface area contributed by atoms with Gasteiger partial charge in [-0.15, -0.1) is 0 Å². The number of rotatable bonds is 28. The molecule has 1 saturated heterocycles. The minimum absolute atomic E-state index is 0.000773. The lowest BCUT2D eigenvalue weighted by atomic mass is 10.2. The van der Waals surface area contributed by atoms with Gasteiger partial charge in [-0.3, -0.25) is 48.1 Å². The average molecular weight is 741 g/mol. The molecule has 21 heteroatoms. The first-order valence-electron chi connectivity index (χ1n) is 16.8. The molecule has 0 aromatic heterocycles. The first-order valence-corrected chi connectivity index (χ1v) is 16.8. The maximum Gasteiger partial charge on any atom is 0.253 e. The molecule has 0 aromatic carbocycles. The molecular formula is C31H48N8O13. The van der Waals surface area contributed by atoms with Crippen molar-refractivity contribution < 1.29 is 62.1 Å².